The maximum absolute atomic E-state index is 4.96. The normalized spacial score (nSPS) is 13.4. The molecule has 1 nitrogen and oxygen atoms in total. The zero-order chi connectivity index (χ0) is 8.53. The molecule has 0 rings (SSSR count). The summed E-state index contributed by atoms with van der Waals surface area (Å²) in [6, 6.07) is 0. The van der Waals surface area contributed by atoms with Gasteiger partial charge >= 0.3 is 0 Å². The third kappa shape index (κ3) is 10.4. The summed E-state index contributed by atoms with van der Waals surface area (Å²) in [5.41, 5.74) is 0. The molecule has 1 atom stereocenters. The predicted molar refractivity (Wildman–Crippen MR) is 53.4 cm³/mol. The molecule has 0 saturated carbocycles. The van der Waals surface area contributed by atoms with Crippen LogP contribution in [0.3, 0.4) is 0 Å². The number of halogens is 1. The summed E-state index contributed by atoms with van der Waals surface area (Å²) in [5, 5.41) is 0. The third-order valence-corrected chi connectivity index (χ3v) is 2.16. The van der Waals surface area contributed by atoms with E-state index < -0.39 is 0 Å². The molecule has 0 heterocycles. The van der Waals surface area contributed by atoms with E-state index in [1.807, 2.05) is 0 Å². The minimum absolute atomic E-state index is 0.685. The maximum Gasteiger partial charge on any atom is 0.0462 e. The van der Waals surface area contributed by atoms with Gasteiger partial charge in [-0.15, -0.1) is 0 Å². The fraction of sp³-hybridized carbons (Fsp3) is 1.00. The Bertz CT molecular complexity index is 74.0. The largest absolute Gasteiger partial charge is 0.385 e. The number of methoxy groups -OCH3 is 1. The highest BCUT2D eigenvalue weighted by atomic mass is 79.9. The second kappa shape index (κ2) is 8.54. The van der Waals surface area contributed by atoms with Gasteiger partial charge in [-0.3, -0.25) is 0 Å². The van der Waals surface area contributed by atoms with Crippen LogP contribution in [0.5, 0.6) is 0 Å². The van der Waals surface area contributed by atoms with Crippen LogP contribution in [0, 0.1) is 0 Å². The molecule has 2 heteroatoms. The molecule has 68 valence electrons. The van der Waals surface area contributed by atoms with Gasteiger partial charge in [0.15, 0.2) is 0 Å². The van der Waals surface area contributed by atoms with Gasteiger partial charge in [0.1, 0.15) is 0 Å². The van der Waals surface area contributed by atoms with Gasteiger partial charge in [-0.2, -0.15) is 0 Å². The summed E-state index contributed by atoms with van der Waals surface area (Å²) >= 11 is 3.53. The van der Waals surface area contributed by atoms with Crippen molar-refractivity contribution in [2.75, 3.05) is 13.7 Å². The van der Waals surface area contributed by atoms with Gasteiger partial charge < -0.3 is 4.74 Å². The zero-order valence-corrected chi connectivity index (χ0v) is 9.19. The molecule has 1 unspecified atom stereocenters. The predicted octanol–water partition coefficient (Wildman–Crippen LogP) is 3.37. The molecule has 11 heavy (non-hydrogen) atoms. The Morgan fingerprint density at radius 2 is 1.82 bits per heavy atom. The van der Waals surface area contributed by atoms with Crippen molar-refractivity contribution in [3.8, 4) is 0 Å². The number of rotatable bonds is 7. The molecule has 0 amide bonds. The van der Waals surface area contributed by atoms with Crippen molar-refractivity contribution in [1.82, 2.24) is 0 Å². The molecular weight excluding hydrogens is 204 g/mol. The Balaban J connectivity index is 2.80. The SMILES string of the molecule is COCCCCCCC(C)Br. The lowest BCUT2D eigenvalue weighted by molar-refractivity contribution is 0.192. The average molecular weight is 223 g/mol. The average Bonchev–Trinajstić information content (AvgIpc) is 1.96. The number of hydrogen-bond acceptors (Lipinski definition) is 1. The summed E-state index contributed by atoms with van der Waals surface area (Å²) in [6.07, 6.45) is 6.52. The molecule has 0 N–H and O–H groups in total. The van der Waals surface area contributed by atoms with Crippen molar-refractivity contribution >= 4 is 15.9 Å². The number of hydrogen-bond donors (Lipinski definition) is 0. The van der Waals surface area contributed by atoms with Crippen LogP contribution in [-0.4, -0.2) is 18.5 Å². The van der Waals surface area contributed by atoms with Crippen molar-refractivity contribution in [3.63, 3.8) is 0 Å². The monoisotopic (exact) mass is 222 g/mol. The first-order valence-electron chi connectivity index (χ1n) is 4.40. The number of ether oxygens (including phenoxy) is 1. The fourth-order valence-electron chi connectivity index (χ4n) is 1.03. The highest BCUT2D eigenvalue weighted by Crippen LogP contribution is 2.10. The highest BCUT2D eigenvalue weighted by Gasteiger charge is 1.94. The van der Waals surface area contributed by atoms with Crippen molar-refractivity contribution in [3.05, 3.63) is 0 Å². The van der Waals surface area contributed by atoms with Gasteiger partial charge in [0, 0.05) is 18.5 Å². The summed E-state index contributed by atoms with van der Waals surface area (Å²) in [4.78, 5) is 0.685. The van der Waals surface area contributed by atoms with Gasteiger partial charge in [0.25, 0.3) is 0 Å². The van der Waals surface area contributed by atoms with Gasteiger partial charge in [0.2, 0.25) is 0 Å². The summed E-state index contributed by atoms with van der Waals surface area (Å²) < 4.78 is 4.96. The Morgan fingerprint density at radius 1 is 1.18 bits per heavy atom. The zero-order valence-electron chi connectivity index (χ0n) is 7.61. The highest BCUT2D eigenvalue weighted by molar-refractivity contribution is 9.09. The molecular formula is C9H19BrO. The van der Waals surface area contributed by atoms with Crippen LogP contribution in [0.1, 0.15) is 39.0 Å². The lowest BCUT2D eigenvalue weighted by Crippen LogP contribution is -1.91. The first-order chi connectivity index (χ1) is 5.27. The topological polar surface area (TPSA) is 9.23 Å². The molecule has 0 aliphatic heterocycles. The summed E-state index contributed by atoms with van der Waals surface area (Å²) in [5.74, 6) is 0. The molecule has 0 fully saturated rings. The van der Waals surface area contributed by atoms with Crippen LogP contribution >= 0.6 is 15.9 Å². The molecule has 0 aliphatic carbocycles. The maximum atomic E-state index is 4.96. The Hall–Kier alpha value is 0.440. The minimum atomic E-state index is 0.685. The van der Waals surface area contributed by atoms with E-state index in [1.54, 1.807) is 7.11 Å². The number of unbranched alkanes of at least 4 members (excludes halogenated alkanes) is 3. The Kier molecular flexibility index (Phi) is 8.88. The molecule has 0 aromatic carbocycles. The standard InChI is InChI=1S/C9H19BrO/c1-9(10)7-5-3-4-6-8-11-2/h9H,3-8H2,1-2H3. The fourth-order valence-corrected chi connectivity index (χ4v) is 1.35. The summed E-state index contributed by atoms with van der Waals surface area (Å²) in [7, 11) is 1.76. The van der Waals surface area contributed by atoms with Crippen LogP contribution < -0.4 is 0 Å². The van der Waals surface area contributed by atoms with Crippen molar-refractivity contribution in [2.24, 2.45) is 0 Å². The molecule has 0 aromatic rings. The molecule has 0 aliphatic rings. The molecule has 0 saturated heterocycles. The van der Waals surface area contributed by atoms with Crippen LogP contribution in [0.4, 0.5) is 0 Å². The van der Waals surface area contributed by atoms with Gasteiger partial charge in [-0.25, -0.2) is 0 Å². The van der Waals surface area contributed by atoms with E-state index in [0.717, 1.165) is 6.61 Å². The van der Waals surface area contributed by atoms with Crippen LogP contribution in [0.2, 0.25) is 0 Å². The lowest BCUT2D eigenvalue weighted by Gasteiger charge is -2.02. The van der Waals surface area contributed by atoms with E-state index in [9.17, 15) is 0 Å². The molecule has 0 bridgehead atoms. The van der Waals surface area contributed by atoms with Crippen molar-refractivity contribution in [2.45, 2.75) is 43.9 Å². The Morgan fingerprint density at radius 3 is 2.36 bits per heavy atom. The quantitative estimate of drug-likeness (QED) is 0.475. The molecule has 0 radical (unpaired) electrons. The summed E-state index contributed by atoms with van der Waals surface area (Å²) in [6.45, 7) is 3.12. The smallest absolute Gasteiger partial charge is 0.0462 e. The lowest BCUT2D eigenvalue weighted by atomic mass is 10.1. The second-order valence-electron chi connectivity index (χ2n) is 2.98. The van der Waals surface area contributed by atoms with Gasteiger partial charge in [0.05, 0.1) is 0 Å². The molecule has 0 aromatic heterocycles. The molecule has 0 spiro atoms. The second-order valence-corrected chi connectivity index (χ2v) is 4.54. The van der Waals surface area contributed by atoms with Gasteiger partial charge in [-0.05, 0) is 12.8 Å². The van der Waals surface area contributed by atoms with Crippen LogP contribution in [0.25, 0.3) is 0 Å². The van der Waals surface area contributed by atoms with E-state index in [-0.39, 0.29) is 0 Å². The van der Waals surface area contributed by atoms with E-state index in [0.29, 0.717) is 4.83 Å². The van der Waals surface area contributed by atoms with E-state index in [2.05, 4.69) is 22.9 Å². The van der Waals surface area contributed by atoms with E-state index in [1.165, 1.54) is 32.1 Å². The first-order valence-corrected chi connectivity index (χ1v) is 5.32. The number of alkyl halides is 1. The van der Waals surface area contributed by atoms with Gasteiger partial charge in [-0.1, -0.05) is 42.1 Å². The third-order valence-electron chi connectivity index (χ3n) is 1.70. The Labute approximate surface area is 78.6 Å². The minimum Gasteiger partial charge on any atom is -0.385 e. The van der Waals surface area contributed by atoms with Crippen molar-refractivity contribution in [1.29, 1.82) is 0 Å². The van der Waals surface area contributed by atoms with E-state index in [4.69, 9.17) is 4.74 Å². The van der Waals surface area contributed by atoms with Crippen molar-refractivity contribution < 1.29 is 4.74 Å². The first kappa shape index (κ1) is 11.4. The van der Waals surface area contributed by atoms with Crippen LogP contribution in [-0.2, 0) is 4.74 Å². The van der Waals surface area contributed by atoms with Crippen LogP contribution in [0.15, 0.2) is 0 Å². The van der Waals surface area contributed by atoms with E-state index >= 15 is 0 Å².